The van der Waals surface area contributed by atoms with Crippen LogP contribution in [0, 0.1) is 0 Å². The lowest BCUT2D eigenvalue weighted by atomic mass is 10.1. The molecule has 3 aliphatic heterocycles. The van der Waals surface area contributed by atoms with Crippen LogP contribution in [0.3, 0.4) is 0 Å². The van der Waals surface area contributed by atoms with Crippen molar-refractivity contribution in [3.8, 4) is 0 Å². The predicted octanol–water partition coefficient (Wildman–Crippen LogP) is 2.25. The molecule has 3 rings (SSSR count). The first-order valence-corrected chi connectivity index (χ1v) is 9.91. The van der Waals surface area contributed by atoms with Crippen LogP contribution in [0.2, 0.25) is 0 Å². The molecule has 3 fully saturated rings. The molecule has 5 heteroatoms. The lowest BCUT2D eigenvalue weighted by Gasteiger charge is -2.35. The second-order valence-electron chi connectivity index (χ2n) is 7.87. The standard InChI is InChI=1S/C19H33N3O2/c1-4-14(2)20-11-6-9-16(20)19(24)22-13-7-10-17(22)18(23)21-12-5-8-15(21)3/h14-17H,4-13H2,1-3H3. The fourth-order valence-corrected chi connectivity index (χ4v) is 4.75. The van der Waals surface area contributed by atoms with Crippen LogP contribution in [0.1, 0.15) is 65.7 Å². The van der Waals surface area contributed by atoms with E-state index in [1.54, 1.807) is 0 Å². The minimum atomic E-state index is -0.211. The lowest BCUT2D eigenvalue weighted by Crippen LogP contribution is -2.54. The summed E-state index contributed by atoms with van der Waals surface area (Å²) in [7, 11) is 0. The highest BCUT2D eigenvalue weighted by Gasteiger charge is 2.43. The summed E-state index contributed by atoms with van der Waals surface area (Å²) in [5.74, 6) is 0.398. The number of nitrogens with zero attached hydrogens (tertiary/aromatic N) is 3. The number of amides is 2. The van der Waals surface area contributed by atoms with E-state index < -0.39 is 0 Å². The van der Waals surface area contributed by atoms with Gasteiger partial charge < -0.3 is 9.80 Å². The highest BCUT2D eigenvalue weighted by atomic mass is 16.2. The van der Waals surface area contributed by atoms with E-state index in [2.05, 4.69) is 25.7 Å². The minimum absolute atomic E-state index is 0.00986. The summed E-state index contributed by atoms with van der Waals surface area (Å²) in [6.45, 7) is 9.16. The first-order chi connectivity index (χ1) is 11.5. The number of carbonyl (C=O) groups excluding carboxylic acids is 2. The molecule has 0 spiro atoms. The summed E-state index contributed by atoms with van der Waals surface area (Å²) in [6.07, 6.45) is 7.09. The Morgan fingerprint density at radius 2 is 1.50 bits per heavy atom. The zero-order valence-electron chi connectivity index (χ0n) is 15.5. The average Bonchev–Trinajstić information content (AvgIpc) is 3.32. The van der Waals surface area contributed by atoms with Crippen molar-refractivity contribution in [1.82, 2.24) is 14.7 Å². The van der Waals surface area contributed by atoms with Gasteiger partial charge >= 0.3 is 0 Å². The van der Waals surface area contributed by atoms with Gasteiger partial charge in [0.05, 0.1) is 6.04 Å². The second-order valence-corrected chi connectivity index (χ2v) is 7.87. The van der Waals surface area contributed by atoms with Crippen LogP contribution in [0.15, 0.2) is 0 Å². The molecule has 0 aromatic heterocycles. The van der Waals surface area contributed by atoms with Gasteiger partial charge in [-0.15, -0.1) is 0 Å². The first-order valence-electron chi connectivity index (χ1n) is 9.91. The van der Waals surface area contributed by atoms with Crippen molar-refractivity contribution in [2.24, 2.45) is 0 Å². The van der Waals surface area contributed by atoms with Gasteiger partial charge in [0.2, 0.25) is 11.8 Å². The molecule has 4 unspecified atom stereocenters. The summed E-state index contributed by atoms with van der Waals surface area (Å²) >= 11 is 0. The molecule has 3 aliphatic rings. The molecule has 5 nitrogen and oxygen atoms in total. The Morgan fingerprint density at radius 3 is 2.17 bits per heavy atom. The van der Waals surface area contributed by atoms with Gasteiger partial charge in [0, 0.05) is 25.2 Å². The van der Waals surface area contributed by atoms with Gasteiger partial charge in [0.25, 0.3) is 0 Å². The third kappa shape index (κ3) is 3.19. The topological polar surface area (TPSA) is 43.9 Å². The van der Waals surface area contributed by atoms with Crippen LogP contribution in [-0.4, -0.2) is 70.3 Å². The summed E-state index contributed by atoms with van der Waals surface area (Å²) in [5.41, 5.74) is 0. The minimum Gasteiger partial charge on any atom is -0.338 e. The SMILES string of the molecule is CCC(C)N1CCCC1C(=O)N1CCCC1C(=O)N1CCCC1C. The maximum Gasteiger partial charge on any atom is 0.245 e. The number of hydrogen-bond acceptors (Lipinski definition) is 3. The summed E-state index contributed by atoms with van der Waals surface area (Å²) in [4.78, 5) is 32.5. The van der Waals surface area contributed by atoms with Crippen molar-refractivity contribution in [1.29, 1.82) is 0 Å². The third-order valence-electron chi connectivity index (χ3n) is 6.39. The van der Waals surface area contributed by atoms with E-state index in [1.807, 2.05) is 9.80 Å². The van der Waals surface area contributed by atoms with Crippen molar-refractivity contribution < 1.29 is 9.59 Å². The van der Waals surface area contributed by atoms with E-state index in [4.69, 9.17) is 0 Å². The fourth-order valence-electron chi connectivity index (χ4n) is 4.75. The van der Waals surface area contributed by atoms with Gasteiger partial charge in [0.15, 0.2) is 0 Å². The predicted molar refractivity (Wildman–Crippen MR) is 94.6 cm³/mol. The Bertz CT molecular complexity index is 481. The number of hydrogen-bond donors (Lipinski definition) is 0. The molecule has 0 bridgehead atoms. The summed E-state index contributed by atoms with van der Waals surface area (Å²) in [5, 5.41) is 0. The average molecular weight is 335 g/mol. The molecular formula is C19H33N3O2. The van der Waals surface area contributed by atoms with Gasteiger partial charge in [-0.3, -0.25) is 14.5 Å². The van der Waals surface area contributed by atoms with Gasteiger partial charge in [-0.25, -0.2) is 0 Å². The van der Waals surface area contributed by atoms with E-state index >= 15 is 0 Å². The highest BCUT2D eigenvalue weighted by molar-refractivity contribution is 5.90. The van der Waals surface area contributed by atoms with Gasteiger partial charge in [-0.2, -0.15) is 0 Å². The molecule has 0 aromatic rings. The normalized spacial score (nSPS) is 32.5. The number of rotatable bonds is 4. The van der Waals surface area contributed by atoms with E-state index in [0.29, 0.717) is 12.1 Å². The molecular weight excluding hydrogens is 302 g/mol. The smallest absolute Gasteiger partial charge is 0.245 e. The van der Waals surface area contributed by atoms with Gasteiger partial charge in [-0.1, -0.05) is 6.92 Å². The first kappa shape index (κ1) is 17.7. The van der Waals surface area contributed by atoms with Crippen molar-refractivity contribution in [3.05, 3.63) is 0 Å². The van der Waals surface area contributed by atoms with Crippen molar-refractivity contribution in [3.63, 3.8) is 0 Å². The van der Waals surface area contributed by atoms with Crippen LogP contribution in [0.25, 0.3) is 0 Å². The molecule has 136 valence electrons. The largest absolute Gasteiger partial charge is 0.338 e. The Kier molecular flexibility index (Phi) is 5.48. The molecule has 0 radical (unpaired) electrons. The Balaban J connectivity index is 1.70. The maximum absolute atomic E-state index is 13.2. The van der Waals surface area contributed by atoms with Crippen LogP contribution in [-0.2, 0) is 9.59 Å². The van der Waals surface area contributed by atoms with E-state index in [-0.39, 0.29) is 23.9 Å². The van der Waals surface area contributed by atoms with Crippen LogP contribution in [0.5, 0.6) is 0 Å². The zero-order chi connectivity index (χ0) is 17.3. The molecule has 0 N–H and O–H groups in total. The second kappa shape index (κ2) is 7.42. The zero-order valence-corrected chi connectivity index (χ0v) is 15.5. The lowest BCUT2D eigenvalue weighted by molar-refractivity contribution is -0.147. The van der Waals surface area contributed by atoms with E-state index in [0.717, 1.165) is 64.6 Å². The summed E-state index contributed by atoms with van der Waals surface area (Å²) in [6, 6.07) is 0.553. The molecule has 2 amide bonds. The van der Waals surface area contributed by atoms with Crippen LogP contribution >= 0.6 is 0 Å². The Morgan fingerprint density at radius 1 is 0.917 bits per heavy atom. The molecule has 0 saturated carbocycles. The van der Waals surface area contributed by atoms with Gasteiger partial charge in [0.1, 0.15) is 6.04 Å². The molecule has 24 heavy (non-hydrogen) atoms. The maximum atomic E-state index is 13.2. The molecule has 0 aliphatic carbocycles. The van der Waals surface area contributed by atoms with Gasteiger partial charge in [-0.05, 0) is 65.3 Å². The Hall–Kier alpha value is -1.10. The molecule has 3 saturated heterocycles. The molecule has 4 atom stereocenters. The van der Waals surface area contributed by atoms with E-state index in [9.17, 15) is 9.59 Å². The summed E-state index contributed by atoms with van der Waals surface area (Å²) < 4.78 is 0. The quantitative estimate of drug-likeness (QED) is 0.791. The van der Waals surface area contributed by atoms with Crippen molar-refractivity contribution in [2.45, 2.75) is 89.9 Å². The van der Waals surface area contributed by atoms with Crippen molar-refractivity contribution in [2.75, 3.05) is 19.6 Å². The molecule has 0 aromatic carbocycles. The van der Waals surface area contributed by atoms with Crippen LogP contribution in [0.4, 0.5) is 0 Å². The third-order valence-corrected chi connectivity index (χ3v) is 6.39. The van der Waals surface area contributed by atoms with Crippen molar-refractivity contribution >= 4 is 11.8 Å². The number of likely N-dealkylation sites (tertiary alicyclic amines) is 3. The van der Waals surface area contributed by atoms with Crippen LogP contribution < -0.4 is 0 Å². The monoisotopic (exact) mass is 335 g/mol. The molecule has 3 heterocycles. The van der Waals surface area contributed by atoms with E-state index in [1.165, 1.54) is 0 Å². The fraction of sp³-hybridized carbons (Fsp3) is 0.895. The highest BCUT2D eigenvalue weighted by Crippen LogP contribution is 2.29. The number of carbonyl (C=O) groups is 2. The Labute approximate surface area is 146 Å².